The molecule has 8 aliphatic carbocycles. The van der Waals surface area contributed by atoms with E-state index in [4.69, 9.17) is 4.99 Å². The van der Waals surface area contributed by atoms with Gasteiger partial charge in [0.1, 0.15) is 0 Å². The van der Waals surface area contributed by atoms with E-state index in [9.17, 15) is 0 Å². The molecular weight excluding hydrogens is 278 g/mol. The predicted molar refractivity (Wildman–Crippen MR) is 93.5 cm³/mol. The Hall–Kier alpha value is -0.550. The number of nitrogens with zero attached hydrogens (tertiary/aromatic N) is 1. The molecule has 124 valence electrons. The summed E-state index contributed by atoms with van der Waals surface area (Å²) in [5.74, 6) is 9.74. The fourth-order valence-electron chi connectivity index (χ4n) is 8.86. The third-order valence-corrected chi connectivity index (χ3v) is 8.76. The fraction of sp³-hybridized carbons (Fsp3) is 0.909. The standard InChI is InChI=1S/C22H31N/c1(21-9-15-3-16(10-21)5-17(4-15)11-21)2-23-22-12-18-6-19(13-22)8-20(7-18)14-22/h1,15-20H,3-14H2. The zero-order valence-corrected chi connectivity index (χ0v) is 14.5. The lowest BCUT2D eigenvalue weighted by Gasteiger charge is -2.55. The van der Waals surface area contributed by atoms with Crippen molar-refractivity contribution in [2.24, 2.45) is 45.9 Å². The van der Waals surface area contributed by atoms with E-state index in [-0.39, 0.29) is 0 Å². The first kappa shape index (κ1) is 13.7. The van der Waals surface area contributed by atoms with Crippen LogP contribution in [0, 0.1) is 40.9 Å². The van der Waals surface area contributed by atoms with Gasteiger partial charge in [0, 0.05) is 0 Å². The van der Waals surface area contributed by atoms with E-state index >= 15 is 0 Å². The SMILES string of the molecule is C(=CC12CC3CC(CC(C3)C1)C2)=NC12CC3CC(CC(C3)C1)C2. The van der Waals surface area contributed by atoms with Crippen LogP contribution in [0.3, 0.4) is 0 Å². The van der Waals surface area contributed by atoms with E-state index in [0.717, 1.165) is 35.5 Å². The summed E-state index contributed by atoms with van der Waals surface area (Å²) in [6, 6.07) is 0. The van der Waals surface area contributed by atoms with Crippen LogP contribution >= 0.6 is 0 Å². The molecule has 8 rings (SSSR count). The van der Waals surface area contributed by atoms with E-state index in [1.165, 1.54) is 77.0 Å². The van der Waals surface area contributed by atoms with Crippen LogP contribution in [-0.2, 0) is 0 Å². The predicted octanol–water partition coefficient (Wildman–Crippen LogP) is 5.40. The van der Waals surface area contributed by atoms with Gasteiger partial charge in [0.05, 0.1) is 5.54 Å². The van der Waals surface area contributed by atoms with Gasteiger partial charge >= 0.3 is 0 Å². The van der Waals surface area contributed by atoms with Gasteiger partial charge in [-0.3, -0.25) is 0 Å². The average molecular weight is 309 g/mol. The maximum Gasteiger partial charge on any atom is 0.0709 e. The largest absolute Gasteiger partial charge is 0.237 e. The van der Waals surface area contributed by atoms with Gasteiger partial charge in [-0.2, -0.15) is 0 Å². The average Bonchev–Trinajstić information content (AvgIpc) is 2.43. The van der Waals surface area contributed by atoms with Crippen LogP contribution in [0.15, 0.2) is 11.1 Å². The van der Waals surface area contributed by atoms with Crippen LogP contribution in [0.5, 0.6) is 0 Å². The molecule has 0 aromatic rings. The molecule has 1 nitrogen and oxygen atoms in total. The van der Waals surface area contributed by atoms with Crippen LogP contribution < -0.4 is 0 Å². The Morgan fingerprint density at radius 3 is 1.43 bits per heavy atom. The van der Waals surface area contributed by atoms with Crippen molar-refractivity contribution in [2.75, 3.05) is 0 Å². The van der Waals surface area contributed by atoms with Crippen LogP contribution in [0.1, 0.15) is 77.0 Å². The molecule has 0 amide bonds. The monoisotopic (exact) mass is 309 g/mol. The molecule has 23 heavy (non-hydrogen) atoms. The van der Waals surface area contributed by atoms with E-state index < -0.39 is 0 Å². The molecule has 0 spiro atoms. The molecule has 0 aromatic carbocycles. The van der Waals surface area contributed by atoms with Gasteiger partial charge in [0.2, 0.25) is 0 Å². The van der Waals surface area contributed by atoms with Crippen molar-refractivity contribution in [3.05, 3.63) is 6.08 Å². The molecule has 0 aliphatic heterocycles. The van der Waals surface area contributed by atoms with Gasteiger partial charge in [-0.05, 0) is 130 Å². The second-order valence-electron chi connectivity index (χ2n) is 10.8. The molecular formula is C22H31N. The number of rotatable bonds is 2. The zero-order chi connectivity index (χ0) is 15.1. The highest BCUT2D eigenvalue weighted by molar-refractivity contribution is 5.55. The summed E-state index contributed by atoms with van der Waals surface area (Å²) in [5.41, 5.74) is 0.841. The normalized spacial score (nSPS) is 58.3. The fourth-order valence-corrected chi connectivity index (χ4v) is 8.86. The molecule has 0 atom stereocenters. The smallest absolute Gasteiger partial charge is 0.0709 e. The van der Waals surface area contributed by atoms with E-state index in [1.54, 1.807) is 0 Å². The first-order valence-corrected chi connectivity index (χ1v) is 10.5. The third kappa shape index (κ3) is 2.15. The Morgan fingerprint density at radius 2 is 1.00 bits per heavy atom. The molecule has 8 aliphatic rings. The summed E-state index contributed by atoms with van der Waals surface area (Å²) in [4.78, 5) is 5.19. The summed E-state index contributed by atoms with van der Waals surface area (Å²) in [6.07, 6.45) is 20.2. The van der Waals surface area contributed by atoms with Gasteiger partial charge in [-0.1, -0.05) is 0 Å². The Balaban J connectivity index is 1.27. The molecule has 0 saturated heterocycles. The Bertz CT molecular complexity index is 460. The molecule has 1 heteroatoms. The van der Waals surface area contributed by atoms with Crippen LogP contribution in [-0.4, -0.2) is 11.4 Å². The summed E-state index contributed by atoms with van der Waals surface area (Å²) >= 11 is 0. The number of aliphatic imine (C=N–C) groups is 1. The lowest BCUT2D eigenvalue weighted by molar-refractivity contribution is -0.0231. The second kappa shape index (κ2) is 4.54. The van der Waals surface area contributed by atoms with Gasteiger partial charge in [0.15, 0.2) is 0 Å². The molecule has 0 aromatic heterocycles. The molecule has 0 radical (unpaired) electrons. The van der Waals surface area contributed by atoms with Gasteiger partial charge in [-0.15, -0.1) is 0 Å². The van der Waals surface area contributed by atoms with E-state index in [0.29, 0.717) is 11.0 Å². The summed E-state index contributed by atoms with van der Waals surface area (Å²) in [6.45, 7) is 0. The van der Waals surface area contributed by atoms with Crippen molar-refractivity contribution >= 4 is 5.87 Å². The van der Waals surface area contributed by atoms with Crippen molar-refractivity contribution in [3.8, 4) is 0 Å². The molecule has 8 bridgehead atoms. The van der Waals surface area contributed by atoms with Crippen molar-refractivity contribution < 1.29 is 0 Å². The number of hydrogen-bond acceptors (Lipinski definition) is 1. The second-order valence-corrected chi connectivity index (χ2v) is 10.8. The highest BCUT2D eigenvalue weighted by atomic mass is 14.9. The highest BCUT2D eigenvalue weighted by Gasteiger charge is 2.52. The van der Waals surface area contributed by atoms with Crippen molar-refractivity contribution in [1.82, 2.24) is 0 Å². The third-order valence-electron chi connectivity index (χ3n) is 8.76. The summed E-state index contributed by atoms with van der Waals surface area (Å²) in [7, 11) is 0. The lowest BCUT2D eigenvalue weighted by Crippen LogP contribution is -2.49. The summed E-state index contributed by atoms with van der Waals surface area (Å²) < 4.78 is 0. The van der Waals surface area contributed by atoms with Crippen LogP contribution in [0.25, 0.3) is 0 Å². The topological polar surface area (TPSA) is 12.4 Å². The summed E-state index contributed by atoms with van der Waals surface area (Å²) in [5, 5.41) is 0. The molecule has 8 fully saturated rings. The van der Waals surface area contributed by atoms with E-state index in [2.05, 4.69) is 11.9 Å². The van der Waals surface area contributed by atoms with Crippen molar-refractivity contribution in [2.45, 2.75) is 82.6 Å². The van der Waals surface area contributed by atoms with Crippen molar-refractivity contribution in [3.63, 3.8) is 0 Å². The van der Waals surface area contributed by atoms with Gasteiger partial charge in [-0.25, -0.2) is 4.99 Å². The lowest BCUT2D eigenvalue weighted by atomic mass is 9.50. The first-order valence-electron chi connectivity index (χ1n) is 10.5. The van der Waals surface area contributed by atoms with Crippen LogP contribution in [0.4, 0.5) is 0 Å². The molecule has 0 N–H and O–H groups in total. The maximum atomic E-state index is 5.19. The molecule has 0 unspecified atom stereocenters. The Labute approximate surface area is 141 Å². The number of allylic oxidation sites excluding steroid dienone is 1. The Kier molecular flexibility index (Phi) is 2.71. The number of hydrogen-bond donors (Lipinski definition) is 0. The van der Waals surface area contributed by atoms with Crippen LogP contribution in [0.2, 0.25) is 0 Å². The van der Waals surface area contributed by atoms with Gasteiger partial charge < -0.3 is 0 Å². The molecule has 0 heterocycles. The molecule has 8 saturated carbocycles. The highest BCUT2D eigenvalue weighted by Crippen LogP contribution is 2.60. The Morgan fingerprint density at radius 1 is 0.609 bits per heavy atom. The minimum atomic E-state index is 0.327. The minimum absolute atomic E-state index is 0.327. The van der Waals surface area contributed by atoms with E-state index in [1.807, 2.05) is 0 Å². The quantitative estimate of drug-likeness (QED) is 0.606. The van der Waals surface area contributed by atoms with Gasteiger partial charge in [0.25, 0.3) is 0 Å². The minimum Gasteiger partial charge on any atom is -0.237 e. The zero-order valence-electron chi connectivity index (χ0n) is 14.5. The van der Waals surface area contributed by atoms with Crippen molar-refractivity contribution in [1.29, 1.82) is 0 Å². The first-order chi connectivity index (χ1) is 11.2. The maximum absolute atomic E-state index is 5.19.